The van der Waals surface area contributed by atoms with Crippen molar-refractivity contribution in [3.05, 3.63) is 54.1 Å². The minimum atomic E-state index is 0. The fourth-order valence-electron chi connectivity index (χ4n) is 1.83. The minimum absolute atomic E-state index is 0. The predicted molar refractivity (Wildman–Crippen MR) is 70.4 cm³/mol. The standard InChI is InChI=1S/C13H16N2O.ClH/c1-11(12-6-4-3-5-7-12)15-10-14-8-13(15)9-16-2;/h3-8,10-11H,9H2,1-2H3;1H. The van der Waals surface area contributed by atoms with Crippen LogP contribution in [0.4, 0.5) is 0 Å². The van der Waals surface area contributed by atoms with Gasteiger partial charge in [-0.25, -0.2) is 4.98 Å². The van der Waals surface area contributed by atoms with Gasteiger partial charge in [-0.2, -0.15) is 0 Å². The molecule has 0 saturated carbocycles. The van der Waals surface area contributed by atoms with Crippen molar-refractivity contribution in [2.45, 2.75) is 19.6 Å². The van der Waals surface area contributed by atoms with E-state index in [0.29, 0.717) is 6.61 Å². The quantitative estimate of drug-likeness (QED) is 0.836. The number of nitrogens with zero attached hydrogens (tertiary/aromatic N) is 2. The van der Waals surface area contributed by atoms with Gasteiger partial charge in [0.15, 0.2) is 0 Å². The van der Waals surface area contributed by atoms with E-state index in [0.717, 1.165) is 5.69 Å². The third-order valence-electron chi connectivity index (χ3n) is 2.74. The topological polar surface area (TPSA) is 27.1 Å². The van der Waals surface area contributed by atoms with Crippen molar-refractivity contribution in [1.29, 1.82) is 0 Å². The number of hydrogen-bond acceptors (Lipinski definition) is 2. The van der Waals surface area contributed by atoms with Crippen LogP contribution in [0.5, 0.6) is 0 Å². The zero-order valence-corrected chi connectivity index (χ0v) is 10.9. The number of benzene rings is 1. The van der Waals surface area contributed by atoms with Gasteiger partial charge in [0.1, 0.15) is 0 Å². The second-order valence-electron chi connectivity index (χ2n) is 3.81. The van der Waals surface area contributed by atoms with Crippen molar-refractivity contribution < 1.29 is 4.74 Å². The number of hydrogen-bond donors (Lipinski definition) is 0. The van der Waals surface area contributed by atoms with Gasteiger partial charge >= 0.3 is 0 Å². The number of rotatable bonds is 4. The summed E-state index contributed by atoms with van der Waals surface area (Å²) in [5.41, 5.74) is 2.37. The fraction of sp³-hybridized carbons (Fsp3) is 0.308. The largest absolute Gasteiger partial charge is 0.378 e. The van der Waals surface area contributed by atoms with Crippen LogP contribution in [-0.2, 0) is 11.3 Å². The molecule has 1 aromatic heterocycles. The van der Waals surface area contributed by atoms with Crippen molar-refractivity contribution in [3.8, 4) is 0 Å². The number of aromatic nitrogens is 2. The minimum Gasteiger partial charge on any atom is -0.378 e. The van der Waals surface area contributed by atoms with Crippen LogP contribution in [0, 0.1) is 0 Å². The number of halogens is 1. The molecule has 0 radical (unpaired) electrons. The molecular formula is C13H17ClN2O. The van der Waals surface area contributed by atoms with Crippen molar-refractivity contribution in [3.63, 3.8) is 0 Å². The van der Waals surface area contributed by atoms with Crippen LogP contribution in [0.3, 0.4) is 0 Å². The summed E-state index contributed by atoms with van der Waals surface area (Å²) in [5, 5.41) is 0. The molecule has 3 nitrogen and oxygen atoms in total. The van der Waals surface area contributed by atoms with Gasteiger partial charge in [0.2, 0.25) is 0 Å². The lowest BCUT2D eigenvalue weighted by molar-refractivity contribution is 0.177. The van der Waals surface area contributed by atoms with E-state index in [1.54, 1.807) is 7.11 Å². The van der Waals surface area contributed by atoms with Crippen LogP contribution in [0.1, 0.15) is 24.2 Å². The summed E-state index contributed by atoms with van der Waals surface area (Å²) in [6, 6.07) is 10.7. The molecule has 1 atom stereocenters. The number of methoxy groups -OCH3 is 1. The van der Waals surface area contributed by atoms with E-state index in [-0.39, 0.29) is 18.4 Å². The first kappa shape index (κ1) is 13.7. The van der Waals surface area contributed by atoms with Crippen molar-refractivity contribution in [2.24, 2.45) is 0 Å². The monoisotopic (exact) mass is 252 g/mol. The molecule has 0 fully saturated rings. The van der Waals surface area contributed by atoms with E-state index in [1.807, 2.05) is 18.6 Å². The van der Waals surface area contributed by atoms with E-state index in [1.165, 1.54) is 5.56 Å². The summed E-state index contributed by atoms with van der Waals surface area (Å²) in [6.45, 7) is 2.76. The molecule has 0 aliphatic carbocycles. The van der Waals surface area contributed by atoms with Crippen LogP contribution >= 0.6 is 12.4 Å². The summed E-state index contributed by atoms with van der Waals surface area (Å²) in [6.07, 6.45) is 3.70. The molecule has 0 bridgehead atoms. The van der Waals surface area contributed by atoms with Crippen molar-refractivity contribution in [1.82, 2.24) is 9.55 Å². The highest BCUT2D eigenvalue weighted by Gasteiger charge is 2.10. The van der Waals surface area contributed by atoms with Gasteiger partial charge in [-0.3, -0.25) is 0 Å². The predicted octanol–water partition coefficient (Wildman–Crippen LogP) is 3.06. The highest BCUT2D eigenvalue weighted by atomic mass is 35.5. The normalized spacial score (nSPS) is 11.9. The molecule has 0 spiro atoms. The molecule has 0 amide bonds. The molecule has 2 rings (SSSR count). The Kier molecular flexibility index (Phi) is 5.19. The lowest BCUT2D eigenvalue weighted by atomic mass is 10.1. The van der Waals surface area contributed by atoms with E-state index >= 15 is 0 Å². The first-order valence-corrected chi connectivity index (χ1v) is 5.37. The molecule has 0 aliphatic heterocycles. The molecule has 1 heterocycles. The molecule has 17 heavy (non-hydrogen) atoms. The van der Waals surface area contributed by atoms with Gasteiger partial charge < -0.3 is 9.30 Å². The van der Waals surface area contributed by atoms with E-state index in [4.69, 9.17) is 4.74 Å². The molecule has 92 valence electrons. The molecule has 1 unspecified atom stereocenters. The third-order valence-corrected chi connectivity index (χ3v) is 2.74. The van der Waals surface area contributed by atoms with Gasteiger partial charge in [0, 0.05) is 7.11 Å². The molecule has 0 saturated heterocycles. The lowest BCUT2D eigenvalue weighted by Gasteiger charge is -2.16. The Morgan fingerprint density at radius 2 is 2.00 bits per heavy atom. The Balaban J connectivity index is 0.00000144. The maximum Gasteiger partial charge on any atom is 0.0954 e. The maximum absolute atomic E-state index is 5.15. The molecule has 1 aromatic carbocycles. The maximum atomic E-state index is 5.15. The Bertz CT molecular complexity index is 442. The zero-order chi connectivity index (χ0) is 11.4. The Morgan fingerprint density at radius 3 is 2.65 bits per heavy atom. The first-order chi connectivity index (χ1) is 7.83. The highest BCUT2D eigenvalue weighted by Crippen LogP contribution is 2.19. The third kappa shape index (κ3) is 3.08. The Labute approximate surface area is 108 Å². The van der Waals surface area contributed by atoms with Crippen LogP contribution < -0.4 is 0 Å². The molecule has 2 aromatic rings. The smallest absolute Gasteiger partial charge is 0.0954 e. The van der Waals surface area contributed by atoms with Gasteiger partial charge in [0.05, 0.1) is 30.9 Å². The summed E-state index contributed by atoms with van der Waals surface area (Å²) >= 11 is 0. The van der Waals surface area contributed by atoms with Crippen molar-refractivity contribution in [2.75, 3.05) is 7.11 Å². The van der Waals surface area contributed by atoms with Gasteiger partial charge in [0.25, 0.3) is 0 Å². The lowest BCUT2D eigenvalue weighted by Crippen LogP contribution is -2.09. The summed E-state index contributed by atoms with van der Waals surface area (Å²) in [4.78, 5) is 4.17. The van der Waals surface area contributed by atoms with Crippen LogP contribution in [0.25, 0.3) is 0 Å². The van der Waals surface area contributed by atoms with Gasteiger partial charge in [-0.15, -0.1) is 12.4 Å². The number of imidazole rings is 1. The first-order valence-electron chi connectivity index (χ1n) is 5.37. The second kappa shape index (κ2) is 6.42. The summed E-state index contributed by atoms with van der Waals surface area (Å²) < 4.78 is 7.29. The fourth-order valence-corrected chi connectivity index (χ4v) is 1.83. The van der Waals surface area contributed by atoms with Crippen LogP contribution in [-0.4, -0.2) is 16.7 Å². The van der Waals surface area contributed by atoms with Gasteiger partial charge in [-0.1, -0.05) is 30.3 Å². The number of ether oxygens (including phenoxy) is 1. The molecule has 0 N–H and O–H groups in total. The molecule has 0 aliphatic rings. The Morgan fingerprint density at radius 1 is 1.29 bits per heavy atom. The van der Waals surface area contributed by atoms with E-state index in [9.17, 15) is 0 Å². The van der Waals surface area contributed by atoms with Crippen LogP contribution in [0.15, 0.2) is 42.9 Å². The average Bonchev–Trinajstić information content (AvgIpc) is 2.78. The SMILES string of the molecule is COCc1cncn1C(C)c1ccccc1.Cl. The average molecular weight is 253 g/mol. The second-order valence-corrected chi connectivity index (χ2v) is 3.81. The summed E-state index contributed by atoms with van der Waals surface area (Å²) in [5.74, 6) is 0. The Hall–Kier alpha value is -1.32. The highest BCUT2D eigenvalue weighted by molar-refractivity contribution is 5.85. The van der Waals surface area contributed by atoms with Gasteiger partial charge in [-0.05, 0) is 12.5 Å². The molecular weight excluding hydrogens is 236 g/mol. The van der Waals surface area contributed by atoms with E-state index < -0.39 is 0 Å². The molecule has 4 heteroatoms. The zero-order valence-electron chi connectivity index (χ0n) is 10.0. The van der Waals surface area contributed by atoms with E-state index in [2.05, 4.69) is 40.7 Å². The van der Waals surface area contributed by atoms with Crippen molar-refractivity contribution >= 4 is 12.4 Å². The summed E-state index contributed by atoms with van der Waals surface area (Å²) in [7, 11) is 1.70. The van der Waals surface area contributed by atoms with Crippen LogP contribution in [0.2, 0.25) is 0 Å².